The highest BCUT2D eigenvalue weighted by Crippen LogP contribution is 2.45. The van der Waals surface area contributed by atoms with Gasteiger partial charge in [-0.3, -0.25) is 32.5 Å². The molecule has 0 aromatic heterocycles. The van der Waals surface area contributed by atoms with Gasteiger partial charge in [-0.05, 0) is 141 Å². The van der Waals surface area contributed by atoms with Crippen LogP contribution in [-0.4, -0.2) is 95.9 Å². The second kappa shape index (κ2) is 89.2. The Kier molecular flexibility index (Phi) is 86.1. The van der Waals surface area contributed by atoms with Crippen LogP contribution < -0.4 is 0 Å². The molecule has 0 bridgehead atoms. The lowest BCUT2D eigenvalue weighted by Crippen LogP contribution is -2.30. The molecule has 5 unspecified atom stereocenters. The number of esters is 3. The fraction of sp³-hybridized carbons (Fsp3) is 0.763. The molecular weight excluding hydrogens is 1480 g/mol. The van der Waals surface area contributed by atoms with Crippen LogP contribution >= 0.6 is 15.6 Å². The number of rotatable bonds is 89. The van der Waals surface area contributed by atoms with Gasteiger partial charge in [0.05, 0.1) is 26.4 Å². The highest BCUT2D eigenvalue weighted by Gasteiger charge is 2.29. The van der Waals surface area contributed by atoms with Gasteiger partial charge in [0.25, 0.3) is 0 Å². The van der Waals surface area contributed by atoms with Crippen molar-refractivity contribution in [3.8, 4) is 0 Å². The van der Waals surface area contributed by atoms with Gasteiger partial charge in [-0.25, -0.2) is 9.13 Å². The van der Waals surface area contributed by atoms with Crippen molar-refractivity contribution >= 4 is 33.6 Å². The standard InChI is InChI=1S/C97H172O16P2/c1-4-7-10-13-16-19-22-25-28-30-32-34-36-38-40-42-44-45-47-49-50-52-54-56-58-60-63-65-68-71-74-77-80-83-95(100)107-86-92(98)87-109-114(103,104)110-88-93(99)89-111-115(105,106)112-91-94(113-97(102)85-82-79-76-73-70-67-62-27-24-21-18-15-12-9-6-3)90-108-96(101)84-81-78-75-72-69-66-64-61-59-57-55-53-51-48-46-43-41-39-37-35-33-31-29-26-23-20-17-14-11-8-5-2/h16-21,25-29,32-35,38-41,62,92-94,98-99H,4-15,22-24,30-31,36-37,42-61,63-91H2,1-3H3,(H,103,104)(H,105,106)/b19-16-,20-17-,21-18-,28-25-,29-26-,34-32-,35-33-,40-38-,41-39-,62-27-. The minimum absolute atomic E-state index is 0.0893. The molecule has 4 N–H and O–H groups in total. The van der Waals surface area contributed by atoms with E-state index in [1.165, 1.54) is 238 Å². The second-order valence-electron chi connectivity index (χ2n) is 31.5. The number of hydrogen-bond donors (Lipinski definition) is 4. The lowest BCUT2D eigenvalue weighted by atomic mass is 10.0. The van der Waals surface area contributed by atoms with E-state index in [9.17, 15) is 43.5 Å². The summed E-state index contributed by atoms with van der Waals surface area (Å²) in [5, 5.41) is 20.7. The number of allylic oxidation sites excluding steroid dienone is 20. The molecule has 16 nitrogen and oxygen atoms in total. The third-order valence-electron chi connectivity index (χ3n) is 20.1. The zero-order chi connectivity index (χ0) is 83.6. The quantitative estimate of drug-likeness (QED) is 0.0146. The van der Waals surface area contributed by atoms with Gasteiger partial charge in [0, 0.05) is 19.3 Å². The van der Waals surface area contributed by atoms with E-state index in [1.54, 1.807) is 0 Å². The molecule has 0 amide bonds. The summed E-state index contributed by atoms with van der Waals surface area (Å²) in [4.78, 5) is 58.9. The van der Waals surface area contributed by atoms with Gasteiger partial charge in [0.15, 0.2) is 6.10 Å². The summed E-state index contributed by atoms with van der Waals surface area (Å²) in [7, 11) is -9.80. The first-order chi connectivity index (χ1) is 56.2. The zero-order valence-corrected chi connectivity index (χ0v) is 75.2. The molecule has 0 spiro atoms. The smallest absolute Gasteiger partial charge is 0.463 e. The van der Waals surface area contributed by atoms with Gasteiger partial charge in [-0.15, -0.1) is 0 Å². The number of aliphatic hydroxyl groups is 2. The number of unbranched alkanes of at least 4 members (excludes halogenated alkanes) is 46. The number of hydrogen-bond acceptors (Lipinski definition) is 14. The number of ether oxygens (including phenoxy) is 3. The Hall–Kier alpha value is -4.05. The van der Waals surface area contributed by atoms with E-state index in [0.29, 0.717) is 19.3 Å². The van der Waals surface area contributed by atoms with Gasteiger partial charge >= 0.3 is 33.6 Å². The van der Waals surface area contributed by atoms with Crippen LogP contribution in [-0.2, 0) is 55.8 Å². The molecule has 18 heteroatoms. The average Bonchev–Trinajstić information content (AvgIpc) is 0.898. The van der Waals surface area contributed by atoms with E-state index in [2.05, 4.69) is 142 Å². The van der Waals surface area contributed by atoms with Crippen LogP contribution in [0, 0.1) is 0 Å². The summed E-state index contributed by atoms with van der Waals surface area (Å²) in [6, 6.07) is 0. The lowest BCUT2D eigenvalue weighted by molar-refractivity contribution is -0.161. The molecule has 0 aliphatic rings. The Bertz CT molecular complexity index is 2570. The molecule has 0 fully saturated rings. The summed E-state index contributed by atoms with van der Waals surface area (Å²) in [6.45, 7) is 2.65. The number of carbonyl (C=O) groups is 3. The highest BCUT2D eigenvalue weighted by molar-refractivity contribution is 7.47. The maximum atomic E-state index is 13.0. The number of phosphoric acid groups is 2. The maximum Gasteiger partial charge on any atom is 0.472 e. The topological polar surface area (TPSA) is 231 Å². The maximum absolute atomic E-state index is 13.0. The first-order valence-corrected chi connectivity index (χ1v) is 49.8. The predicted molar refractivity (Wildman–Crippen MR) is 482 cm³/mol. The Labute approximate surface area is 703 Å². The minimum atomic E-state index is -4.94. The molecule has 0 saturated carbocycles. The van der Waals surface area contributed by atoms with Gasteiger partial charge in [0.1, 0.15) is 25.4 Å². The van der Waals surface area contributed by atoms with Crippen LogP contribution in [0.25, 0.3) is 0 Å². The summed E-state index contributed by atoms with van der Waals surface area (Å²) >= 11 is 0. The van der Waals surface area contributed by atoms with Crippen molar-refractivity contribution in [2.45, 2.75) is 437 Å². The second-order valence-corrected chi connectivity index (χ2v) is 34.4. The Morgan fingerprint density at radius 2 is 0.435 bits per heavy atom. The van der Waals surface area contributed by atoms with Crippen molar-refractivity contribution < 1.29 is 75.8 Å². The summed E-state index contributed by atoms with van der Waals surface area (Å²) in [5.74, 6) is -1.57. The largest absolute Gasteiger partial charge is 0.472 e. The van der Waals surface area contributed by atoms with Gasteiger partial charge < -0.3 is 34.2 Å². The Balaban J connectivity index is 4.43. The molecule has 0 aliphatic heterocycles. The third kappa shape index (κ3) is 90.6. The van der Waals surface area contributed by atoms with Crippen molar-refractivity contribution in [3.05, 3.63) is 122 Å². The molecule has 5 atom stereocenters. The van der Waals surface area contributed by atoms with Gasteiger partial charge in [0.2, 0.25) is 0 Å². The number of carbonyl (C=O) groups excluding carboxylic acids is 3. The molecular formula is C97H172O16P2. The SMILES string of the molecule is CCCCC/C=C\C/C=C\C/C=C\C/C=C\CCCCCCCCCCCCCCCCCCCC(=O)OCC(O)COP(=O)(O)OCC(O)COP(=O)(O)OCC(COC(=O)CCCCCCCCCCCCCCCCC/C=C\C/C=C\C/C=C\C/C=C\CCCCC)OC(=O)CCCCCCC/C=C\C/C=C\CCCCC. The van der Waals surface area contributed by atoms with Crippen molar-refractivity contribution in [1.29, 1.82) is 0 Å². The summed E-state index contributed by atoms with van der Waals surface area (Å²) < 4.78 is 61.4. The predicted octanol–water partition coefficient (Wildman–Crippen LogP) is 28.8. The summed E-state index contributed by atoms with van der Waals surface area (Å²) in [5.41, 5.74) is 0. The molecule has 115 heavy (non-hydrogen) atoms. The molecule has 666 valence electrons. The van der Waals surface area contributed by atoms with Crippen LogP contribution in [0.2, 0.25) is 0 Å². The fourth-order valence-electron chi connectivity index (χ4n) is 13.0. The number of aliphatic hydroxyl groups excluding tert-OH is 2. The van der Waals surface area contributed by atoms with Gasteiger partial charge in [-0.2, -0.15) is 0 Å². The molecule has 0 rings (SSSR count). The van der Waals surface area contributed by atoms with E-state index in [-0.39, 0.29) is 19.3 Å². The minimum Gasteiger partial charge on any atom is -0.463 e. The lowest BCUT2D eigenvalue weighted by Gasteiger charge is -2.21. The zero-order valence-electron chi connectivity index (χ0n) is 73.4. The fourth-order valence-corrected chi connectivity index (χ4v) is 14.6. The van der Waals surface area contributed by atoms with E-state index in [4.69, 9.17) is 32.3 Å². The van der Waals surface area contributed by atoms with Crippen molar-refractivity contribution in [2.75, 3.05) is 39.6 Å². The summed E-state index contributed by atoms with van der Waals surface area (Å²) in [6.07, 6.45) is 110. The van der Waals surface area contributed by atoms with Crippen LogP contribution in [0.1, 0.15) is 419 Å². The van der Waals surface area contributed by atoms with Crippen LogP contribution in [0.5, 0.6) is 0 Å². The molecule has 0 saturated heterocycles. The molecule has 0 radical (unpaired) electrons. The third-order valence-corrected chi connectivity index (χ3v) is 22.0. The van der Waals surface area contributed by atoms with Crippen LogP contribution in [0.4, 0.5) is 0 Å². The van der Waals surface area contributed by atoms with E-state index >= 15 is 0 Å². The van der Waals surface area contributed by atoms with E-state index in [0.717, 1.165) is 122 Å². The molecule has 0 aliphatic carbocycles. The van der Waals surface area contributed by atoms with Crippen molar-refractivity contribution in [1.82, 2.24) is 0 Å². The van der Waals surface area contributed by atoms with E-state index in [1.807, 2.05) is 0 Å². The average molecular weight is 1660 g/mol. The van der Waals surface area contributed by atoms with Crippen LogP contribution in [0.15, 0.2) is 122 Å². The van der Waals surface area contributed by atoms with Crippen LogP contribution in [0.3, 0.4) is 0 Å². The number of phosphoric ester groups is 2. The highest BCUT2D eigenvalue weighted by atomic mass is 31.2. The first kappa shape index (κ1) is 111. The van der Waals surface area contributed by atoms with Crippen molar-refractivity contribution in [3.63, 3.8) is 0 Å². The molecule has 0 heterocycles. The molecule has 0 aromatic carbocycles. The first-order valence-electron chi connectivity index (χ1n) is 46.8. The molecule has 0 aromatic rings. The van der Waals surface area contributed by atoms with E-state index < -0.39 is 91.5 Å². The normalized spacial score (nSPS) is 14.3. The van der Waals surface area contributed by atoms with Crippen molar-refractivity contribution in [2.24, 2.45) is 0 Å². The Morgan fingerprint density at radius 1 is 0.243 bits per heavy atom. The monoisotopic (exact) mass is 1660 g/mol. The van der Waals surface area contributed by atoms with Gasteiger partial charge in [-0.1, -0.05) is 380 Å². The Morgan fingerprint density at radius 3 is 0.687 bits per heavy atom.